The van der Waals surface area contributed by atoms with Crippen molar-refractivity contribution in [3.8, 4) is 5.75 Å². The first kappa shape index (κ1) is 22.8. The molecule has 0 aliphatic carbocycles. The summed E-state index contributed by atoms with van der Waals surface area (Å²) in [5, 5.41) is 2.93. The highest BCUT2D eigenvalue weighted by molar-refractivity contribution is 6.01. The Morgan fingerprint density at radius 1 is 0.879 bits per heavy atom. The van der Waals surface area contributed by atoms with Crippen molar-refractivity contribution in [3.63, 3.8) is 0 Å². The van der Waals surface area contributed by atoms with Gasteiger partial charge in [-0.1, -0.05) is 54.6 Å². The van der Waals surface area contributed by atoms with Crippen LogP contribution in [0.4, 0.5) is 5.69 Å². The fourth-order valence-electron chi connectivity index (χ4n) is 3.73. The van der Waals surface area contributed by atoms with Crippen LogP contribution < -0.4 is 10.1 Å². The van der Waals surface area contributed by atoms with Crippen molar-refractivity contribution in [2.75, 3.05) is 38.5 Å². The van der Waals surface area contributed by atoms with Gasteiger partial charge in [-0.15, -0.1) is 0 Å². The lowest BCUT2D eigenvalue weighted by atomic mass is 10.1. The van der Waals surface area contributed by atoms with Crippen LogP contribution in [0.3, 0.4) is 0 Å². The highest BCUT2D eigenvalue weighted by Crippen LogP contribution is 2.16. The number of piperazine rings is 1. The second-order valence-electron chi connectivity index (χ2n) is 8.44. The van der Waals surface area contributed by atoms with Crippen LogP contribution in [0.2, 0.25) is 0 Å². The van der Waals surface area contributed by atoms with E-state index in [1.54, 1.807) is 12.2 Å². The number of benzene rings is 3. The van der Waals surface area contributed by atoms with Crippen molar-refractivity contribution in [1.82, 2.24) is 9.80 Å². The molecular weight excluding hydrogens is 410 g/mol. The standard InChI is InChI=1S/C28H31N3O2/c1-30-17-19-31(20-18-30)21-24-7-12-26(13-8-24)29-28(32)16-11-23-9-14-27(15-10-23)33-22-25-5-3-2-4-6-25/h2-16H,17-22H2,1H3,(H,29,32)/b16-11+. The Balaban J connectivity index is 1.23. The number of nitrogens with zero attached hydrogens (tertiary/aromatic N) is 2. The molecule has 0 spiro atoms. The molecule has 170 valence electrons. The highest BCUT2D eigenvalue weighted by atomic mass is 16.5. The normalized spacial score (nSPS) is 14.9. The van der Waals surface area contributed by atoms with Gasteiger partial charge in [0.1, 0.15) is 12.4 Å². The van der Waals surface area contributed by atoms with Crippen molar-refractivity contribution in [3.05, 3.63) is 102 Å². The monoisotopic (exact) mass is 441 g/mol. The number of carbonyl (C=O) groups excluding carboxylic acids is 1. The van der Waals surface area contributed by atoms with Gasteiger partial charge < -0.3 is 15.0 Å². The molecule has 1 saturated heterocycles. The van der Waals surface area contributed by atoms with Gasteiger partial charge in [-0.3, -0.25) is 9.69 Å². The van der Waals surface area contributed by atoms with E-state index in [0.29, 0.717) is 6.61 Å². The highest BCUT2D eigenvalue weighted by Gasteiger charge is 2.13. The number of likely N-dealkylation sites (N-methyl/N-ethyl adjacent to an activating group) is 1. The molecular formula is C28H31N3O2. The van der Waals surface area contributed by atoms with Gasteiger partial charge >= 0.3 is 0 Å². The Kier molecular flexibility index (Phi) is 7.90. The lowest BCUT2D eigenvalue weighted by Gasteiger charge is -2.32. The van der Waals surface area contributed by atoms with Crippen LogP contribution in [0.15, 0.2) is 84.9 Å². The van der Waals surface area contributed by atoms with Gasteiger partial charge in [-0.25, -0.2) is 0 Å². The number of ether oxygens (including phenoxy) is 1. The van der Waals surface area contributed by atoms with Gasteiger partial charge in [0.2, 0.25) is 5.91 Å². The lowest BCUT2D eigenvalue weighted by Crippen LogP contribution is -2.43. The molecule has 1 amide bonds. The van der Waals surface area contributed by atoms with Crippen LogP contribution in [-0.2, 0) is 17.9 Å². The largest absolute Gasteiger partial charge is 0.489 e. The SMILES string of the molecule is CN1CCN(Cc2ccc(NC(=O)/C=C/c3ccc(OCc4ccccc4)cc3)cc2)CC1. The Morgan fingerprint density at radius 3 is 2.27 bits per heavy atom. The minimum atomic E-state index is -0.147. The van der Waals surface area contributed by atoms with Crippen LogP contribution in [0.5, 0.6) is 5.75 Å². The quantitative estimate of drug-likeness (QED) is 0.516. The van der Waals surface area contributed by atoms with E-state index in [0.717, 1.165) is 55.3 Å². The lowest BCUT2D eigenvalue weighted by molar-refractivity contribution is -0.111. The molecule has 1 aliphatic heterocycles. The minimum Gasteiger partial charge on any atom is -0.489 e. The topological polar surface area (TPSA) is 44.8 Å². The average Bonchev–Trinajstić information content (AvgIpc) is 2.85. The number of rotatable bonds is 8. The molecule has 1 N–H and O–H groups in total. The van der Waals surface area contributed by atoms with Gasteiger partial charge in [0.15, 0.2) is 0 Å². The third kappa shape index (κ3) is 7.31. The van der Waals surface area contributed by atoms with Crippen LogP contribution in [-0.4, -0.2) is 48.9 Å². The summed E-state index contributed by atoms with van der Waals surface area (Å²) in [5.74, 6) is 0.656. The molecule has 0 saturated carbocycles. The Bertz CT molecular complexity index is 1040. The summed E-state index contributed by atoms with van der Waals surface area (Å²) < 4.78 is 5.81. The zero-order chi connectivity index (χ0) is 22.9. The smallest absolute Gasteiger partial charge is 0.248 e. The molecule has 1 fully saturated rings. The summed E-state index contributed by atoms with van der Waals surface area (Å²) in [6.07, 6.45) is 3.36. The number of nitrogens with one attached hydrogen (secondary N) is 1. The third-order valence-corrected chi connectivity index (χ3v) is 5.78. The number of hydrogen-bond donors (Lipinski definition) is 1. The third-order valence-electron chi connectivity index (χ3n) is 5.78. The van der Waals surface area contributed by atoms with Gasteiger partial charge in [0, 0.05) is 44.5 Å². The van der Waals surface area contributed by atoms with E-state index in [9.17, 15) is 4.79 Å². The first-order chi connectivity index (χ1) is 16.1. The zero-order valence-corrected chi connectivity index (χ0v) is 19.1. The fourth-order valence-corrected chi connectivity index (χ4v) is 3.73. The number of anilines is 1. The van der Waals surface area contributed by atoms with Crippen molar-refractivity contribution >= 4 is 17.7 Å². The maximum Gasteiger partial charge on any atom is 0.248 e. The van der Waals surface area contributed by atoms with E-state index in [1.165, 1.54) is 5.56 Å². The average molecular weight is 442 g/mol. The summed E-state index contributed by atoms with van der Waals surface area (Å²) in [6, 6.07) is 25.9. The molecule has 3 aromatic carbocycles. The molecule has 0 unspecified atom stereocenters. The van der Waals surface area contributed by atoms with Crippen molar-refractivity contribution < 1.29 is 9.53 Å². The van der Waals surface area contributed by atoms with Crippen LogP contribution in [0, 0.1) is 0 Å². The second-order valence-corrected chi connectivity index (χ2v) is 8.44. The van der Waals surface area contributed by atoms with E-state index >= 15 is 0 Å². The summed E-state index contributed by atoms with van der Waals surface area (Å²) in [7, 11) is 2.17. The van der Waals surface area contributed by atoms with Crippen LogP contribution in [0.1, 0.15) is 16.7 Å². The molecule has 0 atom stereocenters. The zero-order valence-electron chi connectivity index (χ0n) is 19.1. The first-order valence-corrected chi connectivity index (χ1v) is 11.4. The van der Waals surface area contributed by atoms with Crippen molar-refractivity contribution in [2.45, 2.75) is 13.2 Å². The van der Waals surface area contributed by atoms with E-state index in [-0.39, 0.29) is 5.91 Å². The van der Waals surface area contributed by atoms with Crippen LogP contribution in [0.25, 0.3) is 6.08 Å². The first-order valence-electron chi connectivity index (χ1n) is 11.4. The Morgan fingerprint density at radius 2 is 1.58 bits per heavy atom. The van der Waals surface area contributed by atoms with Gasteiger partial charge in [0.25, 0.3) is 0 Å². The Labute approximate surface area is 196 Å². The summed E-state index contributed by atoms with van der Waals surface area (Å²) in [6.45, 7) is 5.91. The second kappa shape index (κ2) is 11.5. The molecule has 1 aliphatic rings. The fraction of sp³-hybridized carbons (Fsp3) is 0.250. The molecule has 3 aromatic rings. The molecule has 0 aromatic heterocycles. The van der Waals surface area contributed by atoms with Crippen molar-refractivity contribution in [2.24, 2.45) is 0 Å². The van der Waals surface area contributed by atoms with E-state index in [2.05, 4.69) is 34.3 Å². The predicted octanol–water partition coefficient (Wildman–Crippen LogP) is 4.66. The summed E-state index contributed by atoms with van der Waals surface area (Å²) in [5.41, 5.74) is 4.14. The maximum absolute atomic E-state index is 12.3. The van der Waals surface area contributed by atoms with Gasteiger partial charge in [-0.05, 0) is 54.1 Å². The van der Waals surface area contributed by atoms with Gasteiger partial charge in [0.05, 0.1) is 0 Å². The Hall–Kier alpha value is -3.41. The molecule has 33 heavy (non-hydrogen) atoms. The van der Waals surface area contributed by atoms with E-state index < -0.39 is 0 Å². The van der Waals surface area contributed by atoms with E-state index in [1.807, 2.05) is 66.7 Å². The molecule has 1 heterocycles. The predicted molar refractivity (Wildman–Crippen MR) is 134 cm³/mol. The number of amides is 1. The molecule has 5 heteroatoms. The summed E-state index contributed by atoms with van der Waals surface area (Å²) in [4.78, 5) is 17.1. The molecule has 0 bridgehead atoms. The van der Waals surface area contributed by atoms with Crippen LogP contribution >= 0.6 is 0 Å². The summed E-state index contributed by atoms with van der Waals surface area (Å²) >= 11 is 0. The molecule has 0 radical (unpaired) electrons. The molecule has 4 rings (SSSR count). The van der Waals surface area contributed by atoms with Gasteiger partial charge in [-0.2, -0.15) is 0 Å². The number of hydrogen-bond acceptors (Lipinski definition) is 4. The number of carbonyl (C=O) groups is 1. The van der Waals surface area contributed by atoms with E-state index in [4.69, 9.17) is 4.74 Å². The minimum absolute atomic E-state index is 0.147. The molecule has 5 nitrogen and oxygen atoms in total. The van der Waals surface area contributed by atoms with Crippen molar-refractivity contribution in [1.29, 1.82) is 0 Å². The maximum atomic E-state index is 12.3.